The van der Waals surface area contributed by atoms with Gasteiger partial charge in [0.25, 0.3) is 0 Å². The van der Waals surface area contributed by atoms with Crippen molar-refractivity contribution < 1.29 is 4.79 Å². The van der Waals surface area contributed by atoms with E-state index >= 15 is 0 Å². The number of amides is 1. The molecule has 4 heteroatoms. The van der Waals surface area contributed by atoms with E-state index in [0.717, 1.165) is 5.56 Å². The van der Waals surface area contributed by atoms with E-state index in [-0.39, 0.29) is 23.5 Å². The third-order valence-electron chi connectivity index (χ3n) is 3.31. The van der Waals surface area contributed by atoms with Gasteiger partial charge < -0.3 is 10.6 Å². The van der Waals surface area contributed by atoms with Crippen LogP contribution >= 0.6 is 11.6 Å². The lowest BCUT2D eigenvalue weighted by Gasteiger charge is -2.38. The molecule has 1 aliphatic rings. The molecule has 0 aliphatic carbocycles. The summed E-state index contributed by atoms with van der Waals surface area (Å²) >= 11 is 6.24. The van der Waals surface area contributed by atoms with Crippen LogP contribution in [0.5, 0.6) is 0 Å². The fourth-order valence-corrected chi connectivity index (χ4v) is 2.88. The number of carbonyl (C=O) groups excluding carboxylic acids is 1. The van der Waals surface area contributed by atoms with Gasteiger partial charge in [0.2, 0.25) is 5.91 Å². The molecular weight excluding hydrogens is 248 g/mol. The normalized spacial score (nSPS) is 24.7. The van der Waals surface area contributed by atoms with Gasteiger partial charge in [-0.1, -0.05) is 29.8 Å². The predicted molar refractivity (Wildman–Crippen MR) is 73.4 cm³/mol. The topological polar surface area (TPSA) is 46.3 Å². The van der Waals surface area contributed by atoms with E-state index in [1.165, 1.54) is 0 Å². The van der Waals surface area contributed by atoms with Crippen LogP contribution in [0.25, 0.3) is 0 Å². The van der Waals surface area contributed by atoms with E-state index in [2.05, 4.69) is 0 Å². The van der Waals surface area contributed by atoms with Gasteiger partial charge in [-0.25, -0.2) is 0 Å². The lowest BCUT2D eigenvalue weighted by atomic mass is 9.97. The largest absolute Gasteiger partial charge is 0.329 e. The molecule has 0 bridgehead atoms. The van der Waals surface area contributed by atoms with Crippen molar-refractivity contribution >= 4 is 17.5 Å². The molecule has 3 nitrogen and oxygen atoms in total. The lowest BCUT2D eigenvalue weighted by Crippen LogP contribution is -2.45. The van der Waals surface area contributed by atoms with Crippen molar-refractivity contribution in [2.45, 2.75) is 44.8 Å². The van der Waals surface area contributed by atoms with Crippen LogP contribution in [0, 0.1) is 0 Å². The summed E-state index contributed by atoms with van der Waals surface area (Å²) in [5.74, 6) is 0.0971. The first kappa shape index (κ1) is 13.4. The molecule has 2 atom stereocenters. The van der Waals surface area contributed by atoms with Crippen molar-refractivity contribution in [3.63, 3.8) is 0 Å². The highest BCUT2D eigenvalue weighted by Crippen LogP contribution is 2.39. The summed E-state index contributed by atoms with van der Waals surface area (Å²) < 4.78 is 0. The highest BCUT2D eigenvalue weighted by molar-refractivity contribution is 6.31. The average molecular weight is 267 g/mol. The molecule has 1 aliphatic heterocycles. The van der Waals surface area contributed by atoms with E-state index in [1.807, 2.05) is 49.9 Å². The first-order valence-corrected chi connectivity index (χ1v) is 6.52. The molecule has 18 heavy (non-hydrogen) atoms. The van der Waals surface area contributed by atoms with Gasteiger partial charge in [-0.05, 0) is 32.4 Å². The molecule has 1 fully saturated rings. The number of hydrogen-bond donors (Lipinski definition) is 1. The monoisotopic (exact) mass is 266 g/mol. The molecule has 0 spiro atoms. The fraction of sp³-hybridized carbons (Fsp3) is 0.500. The van der Waals surface area contributed by atoms with Crippen LogP contribution in [0.1, 0.15) is 38.8 Å². The zero-order valence-corrected chi connectivity index (χ0v) is 11.7. The van der Waals surface area contributed by atoms with Crippen molar-refractivity contribution in [3.8, 4) is 0 Å². The Morgan fingerprint density at radius 1 is 1.33 bits per heavy atom. The number of carbonyl (C=O) groups is 1. The van der Waals surface area contributed by atoms with E-state index in [1.54, 1.807) is 0 Å². The fourth-order valence-electron chi connectivity index (χ4n) is 2.63. The molecule has 1 heterocycles. The van der Waals surface area contributed by atoms with E-state index < -0.39 is 0 Å². The van der Waals surface area contributed by atoms with E-state index in [9.17, 15) is 4.79 Å². The maximum absolute atomic E-state index is 12.1. The molecule has 1 aromatic carbocycles. The Hall–Kier alpha value is -1.06. The Balaban J connectivity index is 2.47. The summed E-state index contributed by atoms with van der Waals surface area (Å²) in [5, 5.41) is 0.668. The predicted octanol–water partition coefficient (Wildman–Crippen LogP) is 2.74. The second-order valence-corrected chi connectivity index (χ2v) is 6.18. The number of likely N-dealkylation sites (tertiary alicyclic amines) is 1. The van der Waals surface area contributed by atoms with Crippen LogP contribution in [-0.2, 0) is 4.79 Å². The minimum atomic E-state index is -0.255. The molecule has 2 rings (SSSR count). The van der Waals surface area contributed by atoms with Gasteiger partial charge in [0.15, 0.2) is 0 Å². The minimum Gasteiger partial charge on any atom is -0.329 e. The van der Waals surface area contributed by atoms with Gasteiger partial charge in [0.05, 0.1) is 6.04 Å². The van der Waals surface area contributed by atoms with Crippen molar-refractivity contribution in [1.82, 2.24) is 4.90 Å². The van der Waals surface area contributed by atoms with Gasteiger partial charge in [-0.15, -0.1) is 0 Å². The zero-order chi connectivity index (χ0) is 13.5. The van der Waals surface area contributed by atoms with Crippen LogP contribution in [0.2, 0.25) is 5.02 Å². The molecule has 1 amide bonds. The van der Waals surface area contributed by atoms with Gasteiger partial charge >= 0.3 is 0 Å². The van der Waals surface area contributed by atoms with Crippen molar-refractivity contribution in [2.75, 3.05) is 0 Å². The molecule has 1 saturated heterocycles. The second kappa shape index (κ2) is 4.56. The van der Waals surface area contributed by atoms with E-state index in [4.69, 9.17) is 17.3 Å². The SMILES string of the molecule is CC(C)(C)N1C(=O)CC(N)C1c1ccccc1Cl. The molecule has 2 N–H and O–H groups in total. The van der Waals surface area contributed by atoms with Crippen LogP contribution in [-0.4, -0.2) is 22.4 Å². The average Bonchev–Trinajstić information content (AvgIpc) is 2.53. The van der Waals surface area contributed by atoms with Crippen LogP contribution in [0.4, 0.5) is 0 Å². The van der Waals surface area contributed by atoms with Crippen molar-refractivity contribution in [2.24, 2.45) is 5.73 Å². The summed E-state index contributed by atoms with van der Waals surface area (Å²) in [7, 11) is 0. The molecular formula is C14H19ClN2O. The van der Waals surface area contributed by atoms with Crippen LogP contribution in [0.15, 0.2) is 24.3 Å². The number of benzene rings is 1. The maximum Gasteiger partial charge on any atom is 0.225 e. The van der Waals surface area contributed by atoms with Crippen LogP contribution < -0.4 is 5.73 Å². The van der Waals surface area contributed by atoms with Gasteiger partial charge in [-0.2, -0.15) is 0 Å². The van der Waals surface area contributed by atoms with E-state index in [0.29, 0.717) is 11.4 Å². The van der Waals surface area contributed by atoms with Crippen molar-refractivity contribution in [3.05, 3.63) is 34.9 Å². The third kappa shape index (κ3) is 2.25. The number of nitrogens with two attached hydrogens (primary N) is 1. The summed E-state index contributed by atoms with van der Waals surface area (Å²) in [5.41, 5.74) is 6.82. The standard InChI is InChI=1S/C14H19ClN2O/c1-14(2,3)17-12(18)8-11(16)13(17)9-6-4-5-7-10(9)15/h4-7,11,13H,8,16H2,1-3H3. The Morgan fingerprint density at radius 3 is 2.50 bits per heavy atom. The maximum atomic E-state index is 12.1. The molecule has 0 aromatic heterocycles. The molecule has 0 radical (unpaired) electrons. The minimum absolute atomic E-state index is 0.0971. The summed E-state index contributed by atoms with van der Waals surface area (Å²) in [6, 6.07) is 7.27. The summed E-state index contributed by atoms with van der Waals surface area (Å²) in [4.78, 5) is 14.0. The Labute approximate surface area is 113 Å². The quantitative estimate of drug-likeness (QED) is 0.850. The molecule has 0 saturated carbocycles. The lowest BCUT2D eigenvalue weighted by molar-refractivity contribution is -0.133. The second-order valence-electron chi connectivity index (χ2n) is 5.77. The first-order chi connectivity index (χ1) is 8.32. The zero-order valence-electron chi connectivity index (χ0n) is 11.0. The Morgan fingerprint density at radius 2 is 1.94 bits per heavy atom. The Kier molecular flexibility index (Phi) is 3.39. The number of nitrogens with zero attached hydrogens (tertiary/aromatic N) is 1. The smallest absolute Gasteiger partial charge is 0.225 e. The van der Waals surface area contributed by atoms with Gasteiger partial charge in [-0.3, -0.25) is 4.79 Å². The molecule has 2 unspecified atom stereocenters. The number of rotatable bonds is 1. The summed E-state index contributed by atoms with van der Waals surface area (Å²) in [6.07, 6.45) is 0.382. The summed E-state index contributed by atoms with van der Waals surface area (Å²) in [6.45, 7) is 6.06. The van der Waals surface area contributed by atoms with Crippen molar-refractivity contribution in [1.29, 1.82) is 0 Å². The van der Waals surface area contributed by atoms with Gasteiger partial charge in [0.1, 0.15) is 0 Å². The highest BCUT2D eigenvalue weighted by atomic mass is 35.5. The highest BCUT2D eigenvalue weighted by Gasteiger charge is 2.44. The van der Waals surface area contributed by atoms with Crippen LogP contribution in [0.3, 0.4) is 0 Å². The number of hydrogen-bond acceptors (Lipinski definition) is 2. The van der Waals surface area contributed by atoms with Gasteiger partial charge in [0, 0.05) is 23.0 Å². The first-order valence-electron chi connectivity index (χ1n) is 6.14. The molecule has 1 aromatic rings. The number of halogens is 1. The third-order valence-corrected chi connectivity index (χ3v) is 3.65. The molecule has 98 valence electrons. The Bertz CT molecular complexity index is 467.